The number of benzene rings is 1. The van der Waals surface area contributed by atoms with Crippen LogP contribution in [0.4, 0.5) is 0 Å². The standard InChI is InChI=1S/C12H18N2O2/c1-10-3-2-4-11(9-10)16-8-7-14-6-5-12(13)15/h2-4,9,14H,5-8H2,1H3,(H2,13,15). The predicted molar refractivity (Wildman–Crippen MR) is 63.4 cm³/mol. The van der Waals surface area contributed by atoms with Crippen LogP contribution in [0.1, 0.15) is 12.0 Å². The van der Waals surface area contributed by atoms with Gasteiger partial charge in [0.15, 0.2) is 0 Å². The first kappa shape index (κ1) is 12.5. The van der Waals surface area contributed by atoms with E-state index in [1.807, 2.05) is 31.2 Å². The number of primary amides is 1. The normalized spacial score (nSPS) is 10.1. The van der Waals surface area contributed by atoms with Crippen LogP contribution >= 0.6 is 0 Å². The predicted octanol–water partition coefficient (Wildman–Crippen LogP) is 0.839. The molecule has 1 aromatic rings. The van der Waals surface area contributed by atoms with Crippen molar-refractivity contribution in [3.8, 4) is 5.75 Å². The maximum Gasteiger partial charge on any atom is 0.218 e. The first-order chi connectivity index (χ1) is 7.68. The van der Waals surface area contributed by atoms with E-state index < -0.39 is 0 Å². The van der Waals surface area contributed by atoms with Gasteiger partial charge in [0, 0.05) is 19.5 Å². The van der Waals surface area contributed by atoms with Crippen LogP contribution in [0, 0.1) is 6.92 Å². The van der Waals surface area contributed by atoms with Gasteiger partial charge >= 0.3 is 0 Å². The third-order valence-electron chi connectivity index (χ3n) is 2.09. The Hall–Kier alpha value is -1.55. The monoisotopic (exact) mass is 222 g/mol. The van der Waals surface area contributed by atoms with Crippen molar-refractivity contribution in [3.63, 3.8) is 0 Å². The summed E-state index contributed by atoms with van der Waals surface area (Å²) in [5.41, 5.74) is 6.18. The van der Waals surface area contributed by atoms with Crippen LogP contribution in [-0.2, 0) is 4.79 Å². The van der Waals surface area contributed by atoms with Crippen molar-refractivity contribution >= 4 is 5.91 Å². The molecule has 0 aromatic heterocycles. The van der Waals surface area contributed by atoms with Gasteiger partial charge in [-0.15, -0.1) is 0 Å². The third kappa shape index (κ3) is 5.36. The Morgan fingerprint density at radius 3 is 2.94 bits per heavy atom. The number of aryl methyl sites for hydroxylation is 1. The highest BCUT2D eigenvalue weighted by Crippen LogP contribution is 2.11. The van der Waals surface area contributed by atoms with Gasteiger partial charge in [-0.25, -0.2) is 0 Å². The summed E-state index contributed by atoms with van der Waals surface area (Å²) in [5.74, 6) is 0.587. The van der Waals surface area contributed by atoms with Gasteiger partial charge in [0.25, 0.3) is 0 Å². The smallest absolute Gasteiger partial charge is 0.218 e. The van der Waals surface area contributed by atoms with Crippen LogP contribution in [0.2, 0.25) is 0 Å². The zero-order valence-electron chi connectivity index (χ0n) is 9.53. The Balaban J connectivity index is 2.09. The zero-order valence-corrected chi connectivity index (χ0v) is 9.53. The Kier molecular flexibility index (Phi) is 5.36. The van der Waals surface area contributed by atoms with Gasteiger partial charge in [-0.05, 0) is 24.6 Å². The molecule has 0 unspecified atom stereocenters. The van der Waals surface area contributed by atoms with E-state index in [0.717, 1.165) is 5.75 Å². The summed E-state index contributed by atoms with van der Waals surface area (Å²) in [6.07, 6.45) is 0.366. The minimum atomic E-state index is -0.285. The lowest BCUT2D eigenvalue weighted by Gasteiger charge is -2.07. The highest BCUT2D eigenvalue weighted by molar-refractivity contribution is 5.73. The van der Waals surface area contributed by atoms with E-state index in [1.165, 1.54) is 5.56 Å². The second kappa shape index (κ2) is 6.85. The zero-order chi connectivity index (χ0) is 11.8. The lowest BCUT2D eigenvalue weighted by atomic mass is 10.2. The van der Waals surface area contributed by atoms with E-state index in [-0.39, 0.29) is 5.91 Å². The number of carbonyl (C=O) groups excluding carboxylic acids is 1. The molecule has 1 amide bonds. The average molecular weight is 222 g/mol. The number of carbonyl (C=O) groups is 1. The first-order valence-corrected chi connectivity index (χ1v) is 5.37. The van der Waals surface area contributed by atoms with Crippen LogP contribution in [-0.4, -0.2) is 25.6 Å². The van der Waals surface area contributed by atoms with E-state index in [9.17, 15) is 4.79 Å². The van der Waals surface area contributed by atoms with E-state index in [2.05, 4.69) is 5.32 Å². The molecule has 0 aliphatic carbocycles. The van der Waals surface area contributed by atoms with Gasteiger partial charge < -0.3 is 15.8 Å². The molecule has 88 valence electrons. The highest BCUT2D eigenvalue weighted by atomic mass is 16.5. The quantitative estimate of drug-likeness (QED) is 0.672. The molecule has 0 atom stereocenters. The largest absolute Gasteiger partial charge is 0.492 e. The molecule has 0 saturated heterocycles. The van der Waals surface area contributed by atoms with Crippen LogP contribution in [0.15, 0.2) is 24.3 Å². The number of nitrogens with two attached hydrogens (primary N) is 1. The maximum atomic E-state index is 10.4. The van der Waals surface area contributed by atoms with Crippen LogP contribution in [0.3, 0.4) is 0 Å². The van der Waals surface area contributed by atoms with Crippen molar-refractivity contribution in [1.82, 2.24) is 5.32 Å². The molecule has 0 radical (unpaired) electrons. The number of hydrogen-bond acceptors (Lipinski definition) is 3. The molecule has 0 spiro atoms. The molecule has 4 nitrogen and oxygen atoms in total. The number of hydrogen-bond donors (Lipinski definition) is 2. The molecule has 0 fully saturated rings. The summed E-state index contributed by atoms with van der Waals surface area (Å²) >= 11 is 0. The lowest BCUT2D eigenvalue weighted by molar-refractivity contribution is -0.117. The van der Waals surface area contributed by atoms with Crippen molar-refractivity contribution in [2.75, 3.05) is 19.7 Å². The Labute approximate surface area is 95.8 Å². The van der Waals surface area contributed by atoms with Crippen molar-refractivity contribution < 1.29 is 9.53 Å². The molecule has 1 aromatic carbocycles. The number of rotatable bonds is 7. The minimum Gasteiger partial charge on any atom is -0.492 e. The molecule has 1 rings (SSSR count). The highest BCUT2D eigenvalue weighted by Gasteiger charge is 1.95. The van der Waals surface area contributed by atoms with Gasteiger partial charge in [0.1, 0.15) is 12.4 Å². The summed E-state index contributed by atoms with van der Waals surface area (Å²) in [6, 6.07) is 7.91. The Morgan fingerprint density at radius 1 is 1.44 bits per heavy atom. The van der Waals surface area contributed by atoms with Gasteiger partial charge in [-0.2, -0.15) is 0 Å². The van der Waals surface area contributed by atoms with Gasteiger partial charge in [0.05, 0.1) is 0 Å². The molecule has 0 aliphatic heterocycles. The molecule has 0 saturated carbocycles. The maximum absolute atomic E-state index is 10.4. The lowest BCUT2D eigenvalue weighted by Crippen LogP contribution is -2.25. The molecule has 4 heteroatoms. The van der Waals surface area contributed by atoms with Crippen molar-refractivity contribution in [1.29, 1.82) is 0 Å². The number of ether oxygens (including phenoxy) is 1. The molecular weight excluding hydrogens is 204 g/mol. The SMILES string of the molecule is Cc1cccc(OCCNCCC(N)=O)c1. The van der Waals surface area contributed by atoms with Crippen LogP contribution in [0.5, 0.6) is 5.75 Å². The second-order valence-electron chi connectivity index (χ2n) is 3.63. The summed E-state index contributed by atoms with van der Waals surface area (Å²) in [6.45, 7) is 3.92. The van der Waals surface area contributed by atoms with E-state index in [0.29, 0.717) is 26.1 Å². The second-order valence-corrected chi connectivity index (χ2v) is 3.63. The fourth-order valence-electron chi connectivity index (χ4n) is 1.28. The summed E-state index contributed by atoms with van der Waals surface area (Å²) in [5, 5.41) is 3.08. The molecule has 0 bridgehead atoms. The average Bonchev–Trinajstić information content (AvgIpc) is 2.23. The first-order valence-electron chi connectivity index (χ1n) is 5.37. The van der Waals surface area contributed by atoms with E-state index >= 15 is 0 Å². The minimum absolute atomic E-state index is 0.285. The van der Waals surface area contributed by atoms with E-state index in [4.69, 9.17) is 10.5 Å². The molecule has 16 heavy (non-hydrogen) atoms. The summed E-state index contributed by atoms with van der Waals surface area (Å²) in [4.78, 5) is 10.4. The number of nitrogens with one attached hydrogen (secondary N) is 1. The van der Waals surface area contributed by atoms with Gasteiger partial charge in [-0.1, -0.05) is 12.1 Å². The van der Waals surface area contributed by atoms with Crippen molar-refractivity contribution in [2.45, 2.75) is 13.3 Å². The molecule has 0 aliphatic rings. The molecule has 3 N–H and O–H groups in total. The number of amides is 1. The van der Waals surface area contributed by atoms with Crippen LogP contribution in [0.25, 0.3) is 0 Å². The Bertz CT molecular complexity index is 340. The van der Waals surface area contributed by atoms with Crippen molar-refractivity contribution in [2.24, 2.45) is 5.73 Å². The fraction of sp³-hybridized carbons (Fsp3) is 0.417. The Morgan fingerprint density at radius 2 is 2.25 bits per heavy atom. The summed E-state index contributed by atoms with van der Waals surface area (Å²) < 4.78 is 5.52. The third-order valence-corrected chi connectivity index (χ3v) is 2.09. The fourth-order valence-corrected chi connectivity index (χ4v) is 1.28. The molecule has 0 heterocycles. The van der Waals surface area contributed by atoms with Gasteiger partial charge in [0.2, 0.25) is 5.91 Å². The topological polar surface area (TPSA) is 64.3 Å². The van der Waals surface area contributed by atoms with Crippen molar-refractivity contribution in [3.05, 3.63) is 29.8 Å². The van der Waals surface area contributed by atoms with Crippen LogP contribution < -0.4 is 15.8 Å². The summed E-state index contributed by atoms with van der Waals surface area (Å²) in [7, 11) is 0. The molecular formula is C12H18N2O2. The van der Waals surface area contributed by atoms with E-state index in [1.54, 1.807) is 0 Å². The van der Waals surface area contributed by atoms with Gasteiger partial charge in [-0.3, -0.25) is 4.79 Å².